The molecule has 8 heteroatoms. The van der Waals surface area contributed by atoms with E-state index in [1.807, 2.05) is 18.2 Å². The van der Waals surface area contributed by atoms with E-state index < -0.39 is 10.0 Å². The molecule has 24 heavy (non-hydrogen) atoms. The lowest BCUT2D eigenvalue weighted by Crippen LogP contribution is -2.28. The molecule has 0 unspecified atom stereocenters. The van der Waals surface area contributed by atoms with Crippen molar-refractivity contribution >= 4 is 26.0 Å². The van der Waals surface area contributed by atoms with Gasteiger partial charge >= 0.3 is 0 Å². The largest absolute Gasteiger partial charge is 0.493 e. The molecule has 2 aromatic rings. The summed E-state index contributed by atoms with van der Waals surface area (Å²) in [5.41, 5.74) is 0. The predicted molar refractivity (Wildman–Crippen MR) is 94.4 cm³/mol. The highest BCUT2D eigenvalue weighted by Crippen LogP contribution is 2.35. The third kappa shape index (κ3) is 4.62. The van der Waals surface area contributed by atoms with Crippen LogP contribution in [0.2, 0.25) is 0 Å². The third-order valence-corrected chi connectivity index (χ3v) is 5.55. The number of nitrogens with one attached hydrogen (secondary N) is 1. The number of benzene rings is 2. The summed E-state index contributed by atoms with van der Waals surface area (Å²) in [6, 6.07) is 12.1. The van der Waals surface area contributed by atoms with E-state index in [0.29, 0.717) is 21.7 Å². The first-order valence-electron chi connectivity index (χ1n) is 7.07. The molecule has 130 valence electrons. The molecular weight excluding hydrogens is 398 g/mol. The first kappa shape index (κ1) is 18.6. The molecule has 0 aliphatic rings. The van der Waals surface area contributed by atoms with E-state index in [0.717, 1.165) is 0 Å². The maximum Gasteiger partial charge on any atom is 0.241 e. The maximum absolute atomic E-state index is 12.4. The lowest BCUT2D eigenvalue weighted by atomic mass is 10.3. The summed E-state index contributed by atoms with van der Waals surface area (Å²) in [7, 11) is -0.784. The summed E-state index contributed by atoms with van der Waals surface area (Å²) in [5, 5.41) is 0. The smallest absolute Gasteiger partial charge is 0.241 e. The monoisotopic (exact) mass is 415 g/mol. The summed E-state index contributed by atoms with van der Waals surface area (Å²) in [4.78, 5) is 0.0693. The second-order valence-electron chi connectivity index (χ2n) is 4.70. The normalized spacial score (nSPS) is 11.1. The van der Waals surface area contributed by atoms with Gasteiger partial charge in [0, 0.05) is 17.1 Å². The molecule has 6 nitrogen and oxygen atoms in total. The van der Waals surface area contributed by atoms with Crippen molar-refractivity contribution in [3.05, 3.63) is 46.9 Å². The van der Waals surface area contributed by atoms with Crippen LogP contribution in [0, 0.1) is 0 Å². The fourth-order valence-electron chi connectivity index (χ4n) is 1.98. The minimum Gasteiger partial charge on any atom is -0.493 e. The van der Waals surface area contributed by atoms with Gasteiger partial charge in [0.2, 0.25) is 10.0 Å². The van der Waals surface area contributed by atoms with Gasteiger partial charge in [0.1, 0.15) is 17.3 Å². The predicted octanol–water partition coefficient (Wildman–Crippen LogP) is 2.82. The quantitative estimate of drug-likeness (QED) is 0.670. The van der Waals surface area contributed by atoms with Crippen LogP contribution in [-0.2, 0) is 10.0 Å². The van der Waals surface area contributed by atoms with E-state index in [4.69, 9.17) is 14.2 Å². The second kappa shape index (κ2) is 8.36. The summed E-state index contributed by atoms with van der Waals surface area (Å²) >= 11 is 3.25. The van der Waals surface area contributed by atoms with Crippen LogP contribution in [-0.4, -0.2) is 35.8 Å². The van der Waals surface area contributed by atoms with Crippen molar-refractivity contribution in [2.24, 2.45) is 0 Å². The standard InChI is InChI=1S/C16H18BrNO5S/c1-21-14-10-13(17)16(11-15(14)22-2)24(19,20)18-8-9-23-12-6-4-3-5-7-12/h3-7,10-11,18H,8-9H2,1-2H3. The zero-order valence-corrected chi connectivity index (χ0v) is 15.7. The number of ether oxygens (including phenoxy) is 3. The Morgan fingerprint density at radius 2 is 1.67 bits per heavy atom. The number of sulfonamides is 1. The average molecular weight is 416 g/mol. The van der Waals surface area contributed by atoms with Crippen LogP contribution in [0.4, 0.5) is 0 Å². The van der Waals surface area contributed by atoms with Crippen molar-refractivity contribution in [2.75, 3.05) is 27.4 Å². The van der Waals surface area contributed by atoms with Crippen LogP contribution < -0.4 is 18.9 Å². The zero-order chi connectivity index (χ0) is 17.6. The number of halogens is 1. The van der Waals surface area contributed by atoms with E-state index in [9.17, 15) is 8.42 Å². The molecule has 0 atom stereocenters. The molecule has 0 saturated heterocycles. The summed E-state index contributed by atoms with van der Waals surface area (Å²) in [5.74, 6) is 1.46. The number of hydrogen-bond acceptors (Lipinski definition) is 5. The van der Waals surface area contributed by atoms with Crippen molar-refractivity contribution in [3.8, 4) is 17.2 Å². The fraction of sp³-hybridized carbons (Fsp3) is 0.250. The van der Waals surface area contributed by atoms with Crippen LogP contribution in [0.1, 0.15) is 0 Å². The number of methoxy groups -OCH3 is 2. The van der Waals surface area contributed by atoms with Crippen molar-refractivity contribution in [3.63, 3.8) is 0 Å². The molecule has 2 rings (SSSR count). The first-order chi connectivity index (χ1) is 11.5. The molecule has 0 radical (unpaired) electrons. The Hall–Kier alpha value is -1.77. The van der Waals surface area contributed by atoms with Gasteiger partial charge in [-0.05, 0) is 34.1 Å². The first-order valence-corrected chi connectivity index (χ1v) is 9.34. The molecule has 0 fully saturated rings. The molecule has 0 heterocycles. The van der Waals surface area contributed by atoms with Crippen molar-refractivity contribution in [1.82, 2.24) is 4.72 Å². The molecule has 0 amide bonds. The highest BCUT2D eigenvalue weighted by molar-refractivity contribution is 9.10. The van der Waals surface area contributed by atoms with Gasteiger partial charge in [-0.25, -0.2) is 13.1 Å². The summed E-state index contributed by atoms with van der Waals surface area (Å²) in [6.07, 6.45) is 0. The van der Waals surface area contributed by atoms with Gasteiger partial charge in [0.15, 0.2) is 11.5 Å². The Morgan fingerprint density at radius 1 is 1.04 bits per heavy atom. The second-order valence-corrected chi connectivity index (χ2v) is 7.29. The Kier molecular flexibility index (Phi) is 6.47. The van der Waals surface area contributed by atoms with E-state index in [2.05, 4.69) is 20.7 Å². The number of para-hydroxylation sites is 1. The average Bonchev–Trinajstić information content (AvgIpc) is 2.59. The Morgan fingerprint density at radius 3 is 2.29 bits per heavy atom. The van der Waals surface area contributed by atoms with Gasteiger partial charge in [0.05, 0.1) is 14.2 Å². The molecule has 0 spiro atoms. The van der Waals surface area contributed by atoms with Crippen molar-refractivity contribution < 1.29 is 22.6 Å². The highest BCUT2D eigenvalue weighted by Gasteiger charge is 2.20. The molecule has 0 bridgehead atoms. The minimum absolute atomic E-state index is 0.0693. The van der Waals surface area contributed by atoms with Gasteiger partial charge in [0.25, 0.3) is 0 Å². The topological polar surface area (TPSA) is 73.9 Å². The highest BCUT2D eigenvalue weighted by atomic mass is 79.9. The van der Waals surface area contributed by atoms with Crippen LogP contribution in [0.3, 0.4) is 0 Å². The molecule has 0 aliphatic carbocycles. The third-order valence-electron chi connectivity index (χ3n) is 3.13. The van der Waals surface area contributed by atoms with Crippen molar-refractivity contribution in [2.45, 2.75) is 4.90 Å². The van der Waals surface area contributed by atoms with E-state index in [1.165, 1.54) is 20.3 Å². The number of hydrogen-bond donors (Lipinski definition) is 1. The summed E-state index contributed by atoms with van der Waals surface area (Å²) < 4.78 is 43.5. The van der Waals surface area contributed by atoms with Gasteiger partial charge in [-0.3, -0.25) is 0 Å². The molecule has 1 N–H and O–H groups in total. The van der Waals surface area contributed by atoms with E-state index >= 15 is 0 Å². The molecule has 2 aromatic carbocycles. The molecule has 0 aliphatic heterocycles. The van der Waals surface area contributed by atoms with Gasteiger partial charge in [-0.15, -0.1) is 0 Å². The Labute approximate surface area is 149 Å². The van der Waals surface area contributed by atoms with Crippen LogP contribution >= 0.6 is 15.9 Å². The lowest BCUT2D eigenvalue weighted by molar-refractivity contribution is 0.323. The lowest BCUT2D eigenvalue weighted by Gasteiger charge is -2.13. The van der Waals surface area contributed by atoms with Crippen LogP contribution in [0.25, 0.3) is 0 Å². The van der Waals surface area contributed by atoms with E-state index in [-0.39, 0.29) is 18.0 Å². The molecule has 0 aromatic heterocycles. The SMILES string of the molecule is COc1cc(Br)c(S(=O)(=O)NCCOc2ccccc2)cc1OC. The molecular formula is C16H18BrNO5S. The maximum atomic E-state index is 12.4. The van der Waals surface area contributed by atoms with Crippen LogP contribution in [0.5, 0.6) is 17.2 Å². The minimum atomic E-state index is -3.72. The van der Waals surface area contributed by atoms with Crippen molar-refractivity contribution in [1.29, 1.82) is 0 Å². The summed E-state index contributed by atoms with van der Waals surface area (Å²) in [6.45, 7) is 0.353. The number of rotatable bonds is 8. The van der Waals surface area contributed by atoms with Gasteiger partial charge in [-0.2, -0.15) is 0 Å². The van der Waals surface area contributed by atoms with Gasteiger partial charge in [-0.1, -0.05) is 18.2 Å². The van der Waals surface area contributed by atoms with Crippen LogP contribution in [0.15, 0.2) is 51.8 Å². The zero-order valence-electron chi connectivity index (χ0n) is 13.3. The Bertz CT molecular complexity index is 781. The molecule has 0 saturated carbocycles. The van der Waals surface area contributed by atoms with E-state index in [1.54, 1.807) is 18.2 Å². The Balaban J connectivity index is 2.04. The van der Waals surface area contributed by atoms with Gasteiger partial charge < -0.3 is 14.2 Å². The fourth-order valence-corrected chi connectivity index (χ4v) is 4.03.